The number of amides is 1. The molecular formula is C11H14N4O2S. The topological polar surface area (TPSA) is 80.0 Å². The van der Waals surface area contributed by atoms with Crippen LogP contribution in [0.1, 0.15) is 28.2 Å². The highest BCUT2D eigenvalue weighted by atomic mass is 32.1. The molecule has 0 bridgehead atoms. The molecule has 0 saturated carbocycles. The van der Waals surface area contributed by atoms with E-state index < -0.39 is 0 Å². The summed E-state index contributed by atoms with van der Waals surface area (Å²) in [5, 5.41) is 14.4. The fraction of sp³-hybridized carbons (Fsp3) is 0.364. The first-order valence-electron chi connectivity index (χ1n) is 5.60. The van der Waals surface area contributed by atoms with E-state index in [1.165, 1.54) is 11.3 Å². The van der Waals surface area contributed by atoms with Gasteiger partial charge >= 0.3 is 0 Å². The van der Waals surface area contributed by atoms with Crippen LogP contribution in [0.25, 0.3) is 0 Å². The molecule has 2 N–H and O–H groups in total. The van der Waals surface area contributed by atoms with Crippen LogP contribution in [-0.2, 0) is 6.54 Å². The lowest BCUT2D eigenvalue weighted by Gasteiger charge is -1.99. The predicted octanol–water partition coefficient (Wildman–Crippen LogP) is 1.80. The molecule has 6 nitrogen and oxygen atoms in total. The van der Waals surface area contributed by atoms with Gasteiger partial charge in [0.2, 0.25) is 10.1 Å². The standard InChI is InChI=1S/C11H14N4O2S/c1-3-12-11-15-14-10(18-11)9(16)13-6-8-5-4-7(2)17-8/h4-5H,3,6H2,1-2H3,(H,12,15)(H,13,16). The minimum atomic E-state index is -0.245. The minimum Gasteiger partial charge on any atom is -0.465 e. The number of aryl methyl sites for hydroxylation is 1. The molecule has 96 valence electrons. The Hall–Kier alpha value is -1.89. The van der Waals surface area contributed by atoms with E-state index in [0.29, 0.717) is 16.7 Å². The Bertz CT molecular complexity index is 535. The van der Waals surface area contributed by atoms with Gasteiger partial charge in [0, 0.05) is 6.54 Å². The van der Waals surface area contributed by atoms with E-state index in [1.807, 2.05) is 26.0 Å². The Kier molecular flexibility index (Phi) is 3.93. The molecule has 2 aromatic heterocycles. The Morgan fingerprint density at radius 1 is 1.44 bits per heavy atom. The highest BCUT2D eigenvalue weighted by molar-refractivity contribution is 7.17. The summed E-state index contributed by atoms with van der Waals surface area (Å²) in [7, 11) is 0. The molecule has 0 aliphatic heterocycles. The highest BCUT2D eigenvalue weighted by Gasteiger charge is 2.12. The van der Waals surface area contributed by atoms with E-state index in [2.05, 4.69) is 20.8 Å². The normalized spacial score (nSPS) is 10.3. The van der Waals surface area contributed by atoms with Crippen molar-refractivity contribution in [3.8, 4) is 0 Å². The van der Waals surface area contributed by atoms with Gasteiger partial charge < -0.3 is 15.1 Å². The summed E-state index contributed by atoms with van der Waals surface area (Å²) in [6.45, 7) is 4.92. The number of anilines is 1. The third-order valence-corrected chi connectivity index (χ3v) is 3.05. The number of nitrogens with zero attached hydrogens (tertiary/aromatic N) is 2. The summed E-state index contributed by atoms with van der Waals surface area (Å²) in [6.07, 6.45) is 0. The number of nitrogens with one attached hydrogen (secondary N) is 2. The molecule has 2 aromatic rings. The fourth-order valence-corrected chi connectivity index (χ4v) is 2.09. The zero-order valence-corrected chi connectivity index (χ0v) is 11.0. The van der Waals surface area contributed by atoms with E-state index in [9.17, 15) is 4.79 Å². The second-order valence-electron chi connectivity index (χ2n) is 3.64. The van der Waals surface area contributed by atoms with Gasteiger partial charge in [0.1, 0.15) is 11.5 Å². The molecule has 0 fully saturated rings. The van der Waals surface area contributed by atoms with E-state index >= 15 is 0 Å². The monoisotopic (exact) mass is 266 g/mol. The Labute approximate surface area is 108 Å². The van der Waals surface area contributed by atoms with Crippen LogP contribution in [0, 0.1) is 6.92 Å². The second-order valence-corrected chi connectivity index (χ2v) is 4.62. The Balaban J connectivity index is 1.90. The van der Waals surface area contributed by atoms with Gasteiger partial charge in [-0.1, -0.05) is 11.3 Å². The van der Waals surface area contributed by atoms with Crippen molar-refractivity contribution in [2.75, 3.05) is 11.9 Å². The van der Waals surface area contributed by atoms with Gasteiger partial charge in [-0.2, -0.15) is 0 Å². The number of hydrogen-bond acceptors (Lipinski definition) is 6. The summed E-state index contributed by atoms with van der Waals surface area (Å²) in [4.78, 5) is 11.8. The predicted molar refractivity (Wildman–Crippen MR) is 68.7 cm³/mol. The average Bonchev–Trinajstić information content (AvgIpc) is 2.96. The fourth-order valence-electron chi connectivity index (χ4n) is 1.36. The summed E-state index contributed by atoms with van der Waals surface area (Å²) < 4.78 is 5.35. The van der Waals surface area contributed by atoms with Crippen LogP contribution in [0.4, 0.5) is 5.13 Å². The number of rotatable bonds is 5. The molecule has 0 aliphatic carbocycles. The zero-order chi connectivity index (χ0) is 13.0. The molecule has 2 rings (SSSR count). The SMILES string of the molecule is CCNc1nnc(C(=O)NCc2ccc(C)o2)s1. The zero-order valence-electron chi connectivity index (χ0n) is 10.2. The lowest BCUT2D eigenvalue weighted by Crippen LogP contribution is -2.22. The molecule has 2 heterocycles. The maximum absolute atomic E-state index is 11.8. The molecule has 0 radical (unpaired) electrons. The van der Waals surface area contributed by atoms with Crippen LogP contribution in [0.2, 0.25) is 0 Å². The number of carbonyl (C=O) groups is 1. The molecular weight excluding hydrogens is 252 g/mol. The number of carbonyl (C=O) groups excluding carboxylic acids is 1. The number of furan rings is 1. The largest absolute Gasteiger partial charge is 0.465 e. The van der Waals surface area contributed by atoms with Crippen molar-refractivity contribution >= 4 is 22.4 Å². The maximum Gasteiger partial charge on any atom is 0.282 e. The Morgan fingerprint density at radius 2 is 2.28 bits per heavy atom. The summed E-state index contributed by atoms with van der Waals surface area (Å²) in [5.74, 6) is 1.30. The van der Waals surface area contributed by atoms with Crippen LogP contribution in [0.3, 0.4) is 0 Å². The molecule has 18 heavy (non-hydrogen) atoms. The first-order valence-corrected chi connectivity index (χ1v) is 6.41. The van der Waals surface area contributed by atoms with Crippen molar-refractivity contribution < 1.29 is 9.21 Å². The summed E-state index contributed by atoms with van der Waals surface area (Å²) in [5.41, 5.74) is 0. The molecule has 0 unspecified atom stereocenters. The van der Waals surface area contributed by atoms with Crippen LogP contribution in [0.5, 0.6) is 0 Å². The number of aromatic nitrogens is 2. The van der Waals surface area contributed by atoms with E-state index in [0.717, 1.165) is 18.1 Å². The van der Waals surface area contributed by atoms with Crippen molar-refractivity contribution in [3.63, 3.8) is 0 Å². The molecule has 0 saturated heterocycles. The van der Waals surface area contributed by atoms with Crippen LogP contribution in [0.15, 0.2) is 16.5 Å². The van der Waals surface area contributed by atoms with Crippen LogP contribution in [-0.4, -0.2) is 22.6 Å². The van der Waals surface area contributed by atoms with Gasteiger partial charge in [-0.05, 0) is 26.0 Å². The van der Waals surface area contributed by atoms with Gasteiger partial charge in [0.05, 0.1) is 6.54 Å². The summed E-state index contributed by atoms with van der Waals surface area (Å²) in [6, 6.07) is 3.69. The molecule has 0 atom stereocenters. The third-order valence-electron chi connectivity index (χ3n) is 2.17. The minimum absolute atomic E-state index is 0.245. The maximum atomic E-state index is 11.8. The molecule has 1 amide bonds. The van der Waals surface area contributed by atoms with Crippen LogP contribution >= 0.6 is 11.3 Å². The van der Waals surface area contributed by atoms with Gasteiger partial charge in [-0.15, -0.1) is 10.2 Å². The van der Waals surface area contributed by atoms with Crippen molar-refractivity contribution in [3.05, 3.63) is 28.7 Å². The van der Waals surface area contributed by atoms with Crippen LogP contribution < -0.4 is 10.6 Å². The first-order chi connectivity index (χ1) is 8.69. The van der Waals surface area contributed by atoms with Gasteiger partial charge in [0.25, 0.3) is 5.91 Å². The number of hydrogen-bond donors (Lipinski definition) is 2. The second kappa shape index (κ2) is 5.63. The lowest BCUT2D eigenvalue weighted by atomic mass is 10.4. The van der Waals surface area contributed by atoms with Crippen molar-refractivity contribution in [1.82, 2.24) is 15.5 Å². The summed E-state index contributed by atoms with van der Waals surface area (Å²) >= 11 is 1.23. The van der Waals surface area contributed by atoms with Gasteiger partial charge in [0.15, 0.2) is 0 Å². The quantitative estimate of drug-likeness (QED) is 0.862. The third kappa shape index (κ3) is 3.07. The molecule has 0 aliphatic rings. The Morgan fingerprint density at radius 3 is 2.94 bits per heavy atom. The molecule has 0 aromatic carbocycles. The molecule has 0 spiro atoms. The van der Waals surface area contributed by atoms with E-state index in [4.69, 9.17) is 4.42 Å². The van der Waals surface area contributed by atoms with E-state index in [-0.39, 0.29) is 5.91 Å². The first kappa shape index (κ1) is 12.6. The van der Waals surface area contributed by atoms with Crippen molar-refractivity contribution in [1.29, 1.82) is 0 Å². The highest BCUT2D eigenvalue weighted by Crippen LogP contribution is 2.14. The van der Waals surface area contributed by atoms with Crippen molar-refractivity contribution in [2.24, 2.45) is 0 Å². The van der Waals surface area contributed by atoms with Gasteiger partial charge in [-0.25, -0.2) is 0 Å². The van der Waals surface area contributed by atoms with Crippen molar-refractivity contribution in [2.45, 2.75) is 20.4 Å². The smallest absolute Gasteiger partial charge is 0.282 e. The molecule has 7 heteroatoms. The van der Waals surface area contributed by atoms with E-state index in [1.54, 1.807) is 0 Å². The van der Waals surface area contributed by atoms with Gasteiger partial charge in [-0.3, -0.25) is 4.79 Å². The average molecular weight is 266 g/mol. The lowest BCUT2D eigenvalue weighted by molar-refractivity contribution is 0.0947.